The lowest BCUT2D eigenvalue weighted by atomic mass is 10.4. The van der Waals surface area contributed by atoms with Gasteiger partial charge in [0, 0.05) is 20.5 Å². The average Bonchev–Trinajstić information content (AvgIpc) is 2.51. The van der Waals surface area contributed by atoms with Gasteiger partial charge in [-0.1, -0.05) is 43.7 Å². The van der Waals surface area contributed by atoms with Gasteiger partial charge in [0.1, 0.15) is 6.61 Å². The lowest BCUT2D eigenvalue weighted by Gasteiger charge is -2.26. The van der Waals surface area contributed by atoms with Crippen LogP contribution in [-0.4, -0.2) is 39.9 Å². The number of carbonyl (C=O) groups is 3. The first-order valence-corrected chi connectivity index (χ1v) is 9.36. The smallest absolute Gasteiger partial charge is 0.452 e. The van der Waals surface area contributed by atoms with Crippen LogP contribution in [0, 0.1) is 0 Å². The molecule has 0 fully saturated rings. The van der Waals surface area contributed by atoms with Gasteiger partial charge in [-0.3, -0.25) is 14.4 Å². The van der Waals surface area contributed by atoms with E-state index < -0.39 is 26.7 Å². The molecule has 0 aliphatic heterocycles. The minimum absolute atomic E-state index is 0.315. The number of unbranched alkanes of at least 4 members (excludes halogenated alkanes) is 1. The molecule has 7 nitrogen and oxygen atoms in total. The van der Waals surface area contributed by atoms with E-state index in [-0.39, 0.29) is 6.61 Å². The molecule has 0 unspecified atom stereocenters. The van der Waals surface area contributed by atoms with Gasteiger partial charge in [0.2, 0.25) is 0 Å². The summed E-state index contributed by atoms with van der Waals surface area (Å²) in [6.45, 7) is 4.40. The molecule has 0 atom stereocenters. The van der Waals surface area contributed by atoms with E-state index in [1.54, 1.807) is 30.3 Å². The van der Waals surface area contributed by atoms with Crippen LogP contribution in [0.25, 0.3) is 0 Å². The highest BCUT2D eigenvalue weighted by Crippen LogP contribution is 2.12. The monoisotopic (exact) mass is 354 g/mol. The van der Waals surface area contributed by atoms with Crippen molar-refractivity contribution in [2.24, 2.45) is 0 Å². The lowest BCUT2D eigenvalue weighted by Crippen LogP contribution is -2.59. The molecule has 1 aromatic carbocycles. The first kappa shape index (κ1) is 19.9. The van der Waals surface area contributed by atoms with Crippen molar-refractivity contribution in [3.05, 3.63) is 30.3 Å². The standard InChI is InChI=1S/C16H22O7Si/c1-4-5-11-20-12-16(19)23-24(21-13(2)17,22-14(3)18)15-9-7-6-8-10-15/h6-10H,4-5,11-12H2,1-3H3. The highest BCUT2D eigenvalue weighted by atomic mass is 28.4. The van der Waals surface area contributed by atoms with Gasteiger partial charge in [-0.15, -0.1) is 0 Å². The summed E-state index contributed by atoms with van der Waals surface area (Å²) < 4.78 is 20.9. The molecule has 8 heteroatoms. The zero-order chi connectivity index (χ0) is 18.0. The second-order valence-electron chi connectivity index (χ2n) is 4.99. The van der Waals surface area contributed by atoms with Gasteiger partial charge in [0.05, 0.1) is 5.19 Å². The summed E-state index contributed by atoms with van der Waals surface area (Å²) in [7, 11) is -4.06. The largest absolute Gasteiger partial charge is 0.742 e. The van der Waals surface area contributed by atoms with Crippen LogP contribution in [0.5, 0.6) is 0 Å². The first-order chi connectivity index (χ1) is 11.4. The van der Waals surface area contributed by atoms with Crippen LogP contribution in [0.4, 0.5) is 0 Å². The molecule has 0 bridgehead atoms. The van der Waals surface area contributed by atoms with Gasteiger partial charge < -0.3 is 18.0 Å². The molecule has 0 heterocycles. The Kier molecular flexibility index (Phi) is 8.14. The molecule has 1 rings (SSSR count). The van der Waals surface area contributed by atoms with Crippen LogP contribution >= 0.6 is 0 Å². The van der Waals surface area contributed by atoms with E-state index in [1.165, 1.54) is 0 Å². The number of carbonyl (C=O) groups excluding carboxylic acids is 3. The van der Waals surface area contributed by atoms with Crippen molar-refractivity contribution >= 4 is 31.9 Å². The van der Waals surface area contributed by atoms with E-state index in [2.05, 4.69) is 0 Å². The van der Waals surface area contributed by atoms with E-state index in [1.807, 2.05) is 6.92 Å². The zero-order valence-electron chi connectivity index (χ0n) is 14.1. The van der Waals surface area contributed by atoms with E-state index >= 15 is 0 Å². The Bertz CT molecular complexity index is 543. The molecule has 1 aromatic rings. The third-order valence-electron chi connectivity index (χ3n) is 2.79. The molecule has 24 heavy (non-hydrogen) atoms. The maximum atomic E-state index is 12.1. The van der Waals surface area contributed by atoms with Gasteiger partial charge >= 0.3 is 14.8 Å². The fourth-order valence-corrected chi connectivity index (χ4v) is 4.04. The number of hydrogen-bond acceptors (Lipinski definition) is 7. The highest BCUT2D eigenvalue weighted by molar-refractivity contribution is 6.79. The zero-order valence-corrected chi connectivity index (χ0v) is 15.1. The number of ether oxygens (including phenoxy) is 1. The van der Waals surface area contributed by atoms with Gasteiger partial charge in [0.25, 0.3) is 11.9 Å². The van der Waals surface area contributed by atoms with Crippen molar-refractivity contribution in [3.63, 3.8) is 0 Å². The maximum absolute atomic E-state index is 12.1. The number of rotatable bonds is 9. The van der Waals surface area contributed by atoms with E-state index in [0.29, 0.717) is 11.8 Å². The van der Waals surface area contributed by atoms with E-state index in [9.17, 15) is 14.4 Å². The molecular weight excluding hydrogens is 332 g/mol. The number of hydrogen-bond donors (Lipinski definition) is 0. The first-order valence-electron chi connectivity index (χ1n) is 7.64. The van der Waals surface area contributed by atoms with Crippen molar-refractivity contribution in [1.29, 1.82) is 0 Å². The molecule has 0 spiro atoms. The Morgan fingerprint density at radius 2 is 1.54 bits per heavy atom. The normalized spacial score (nSPS) is 10.8. The fourth-order valence-electron chi connectivity index (χ4n) is 1.84. The summed E-state index contributed by atoms with van der Waals surface area (Å²) in [6, 6.07) is 8.21. The predicted molar refractivity (Wildman–Crippen MR) is 87.2 cm³/mol. The van der Waals surface area contributed by atoms with Crippen molar-refractivity contribution in [2.75, 3.05) is 13.2 Å². The third kappa shape index (κ3) is 6.51. The minimum Gasteiger partial charge on any atom is -0.452 e. The summed E-state index contributed by atoms with van der Waals surface area (Å²) in [6.07, 6.45) is 1.74. The molecular formula is C16H22O7Si. The second kappa shape index (κ2) is 9.84. The third-order valence-corrected chi connectivity index (χ3v) is 5.44. The predicted octanol–water partition coefficient (Wildman–Crippen LogP) is 1.32. The van der Waals surface area contributed by atoms with Gasteiger partial charge in [-0.2, -0.15) is 0 Å². The highest BCUT2D eigenvalue weighted by Gasteiger charge is 2.55. The maximum Gasteiger partial charge on any atom is 0.742 e. The van der Waals surface area contributed by atoms with Crippen LogP contribution < -0.4 is 5.19 Å². The molecule has 0 amide bonds. The van der Waals surface area contributed by atoms with Gasteiger partial charge in [0.15, 0.2) is 0 Å². The Balaban J connectivity index is 3.00. The number of benzene rings is 1. The van der Waals surface area contributed by atoms with Crippen molar-refractivity contribution in [2.45, 2.75) is 33.6 Å². The Hall–Kier alpha value is -2.19. The van der Waals surface area contributed by atoms with Crippen molar-refractivity contribution < 1.29 is 32.4 Å². The van der Waals surface area contributed by atoms with Crippen LogP contribution in [0.3, 0.4) is 0 Å². The Morgan fingerprint density at radius 3 is 2.04 bits per heavy atom. The van der Waals surface area contributed by atoms with Crippen LogP contribution in [-0.2, 0) is 32.4 Å². The summed E-state index contributed by atoms with van der Waals surface area (Å²) in [5.41, 5.74) is 0. The topological polar surface area (TPSA) is 88.1 Å². The van der Waals surface area contributed by atoms with Gasteiger partial charge in [-0.25, -0.2) is 0 Å². The Labute approximate surface area is 142 Å². The summed E-state index contributed by atoms with van der Waals surface area (Å²) in [5, 5.41) is 0.331. The van der Waals surface area contributed by atoms with Gasteiger partial charge in [-0.05, 0) is 6.42 Å². The average molecular weight is 354 g/mol. The molecule has 0 aliphatic carbocycles. The molecule has 0 N–H and O–H groups in total. The molecule has 0 saturated carbocycles. The molecule has 132 valence electrons. The second-order valence-corrected chi connectivity index (χ2v) is 7.29. The summed E-state index contributed by atoms with van der Waals surface area (Å²) >= 11 is 0. The molecule has 0 saturated heterocycles. The molecule has 0 aliphatic rings. The summed E-state index contributed by atoms with van der Waals surface area (Å²) in [5.74, 6) is -2.19. The quantitative estimate of drug-likeness (QED) is 0.488. The summed E-state index contributed by atoms with van der Waals surface area (Å²) in [4.78, 5) is 35.1. The van der Waals surface area contributed by atoms with E-state index in [4.69, 9.17) is 18.0 Å². The molecule has 0 aromatic heterocycles. The lowest BCUT2D eigenvalue weighted by molar-refractivity contribution is -0.150. The van der Waals surface area contributed by atoms with Crippen LogP contribution in [0.2, 0.25) is 0 Å². The SMILES string of the molecule is CCCCOCC(=O)O[Si](OC(C)=O)(OC(C)=O)c1ccccc1. The Morgan fingerprint density at radius 1 is 0.958 bits per heavy atom. The molecule has 0 radical (unpaired) electrons. The van der Waals surface area contributed by atoms with Crippen LogP contribution in [0.15, 0.2) is 30.3 Å². The van der Waals surface area contributed by atoms with Crippen LogP contribution in [0.1, 0.15) is 33.6 Å². The fraction of sp³-hybridized carbons (Fsp3) is 0.438. The van der Waals surface area contributed by atoms with Crippen molar-refractivity contribution in [1.82, 2.24) is 0 Å². The van der Waals surface area contributed by atoms with Crippen molar-refractivity contribution in [3.8, 4) is 0 Å². The van der Waals surface area contributed by atoms with E-state index in [0.717, 1.165) is 26.7 Å². The minimum atomic E-state index is -4.06.